The highest BCUT2D eigenvalue weighted by atomic mass is 16.1. The Bertz CT molecular complexity index is 440. The molecule has 3 heteroatoms. The van der Waals surface area contributed by atoms with Crippen molar-refractivity contribution in [2.45, 2.75) is 39.7 Å². The molecule has 2 N–H and O–H groups in total. The van der Waals surface area contributed by atoms with Gasteiger partial charge in [-0.3, -0.25) is 4.79 Å². The van der Waals surface area contributed by atoms with Crippen LogP contribution in [-0.4, -0.2) is 18.5 Å². The van der Waals surface area contributed by atoms with Gasteiger partial charge >= 0.3 is 0 Å². The van der Waals surface area contributed by atoms with Crippen molar-refractivity contribution >= 4 is 11.6 Å². The van der Waals surface area contributed by atoms with Gasteiger partial charge in [0.25, 0.3) is 0 Å². The Labute approximate surface area is 116 Å². The van der Waals surface area contributed by atoms with Crippen LogP contribution in [0.5, 0.6) is 0 Å². The van der Waals surface area contributed by atoms with E-state index in [4.69, 9.17) is 0 Å². The molecule has 1 atom stereocenters. The van der Waals surface area contributed by atoms with Gasteiger partial charge in [-0.1, -0.05) is 23.8 Å². The normalized spacial score (nSPS) is 11.9. The zero-order valence-electron chi connectivity index (χ0n) is 12.1. The molecule has 1 aromatic carbocycles. The third-order valence-corrected chi connectivity index (χ3v) is 3.03. The molecule has 1 rings (SSSR count). The summed E-state index contributed by atoms with van der Waals surface area (Å²) in [5.74, 6) is -0.00326. The van der Waals surface area contributed by atoms with Crippen molar-refractivity contribution < 1.29 is 4.79 Å². The van der Waals surface area contributed by atoms with Crippen LogP contribution in [0.4, 0.5) is 5.69 Å². The number of hydrogen-bond acceptors (Lipinski definition) is 2. The van der Waals surface area contributed by atoms with E-state index in [1.165, 1.54) is 5.57 Å². The topological polar surface area (TPSA) is 41.1 Å². The number of anilines is 1. The zero-order chi connectivity index (χ0) is 14.3. The molecule has 0 aromatic heterocycles. The number of para-hydroxylation sites is 1. The summed E-state index contributed by atoms with van der Waals surface area (Å²) < 4.78 is 0. The number of nitrogens with one attached hydrogen (secondary N) is 2. The summed E-state index contributed by atoms with van der Waals surface area (Å²) >= 11 is 0. The van der Waals surface area contributed by atoms with Crippen molar-refractivity contribution in [2.75, 3.05) is 11.9 Å². The molecular formula is C16H24N2O. The Morgan fingerprint density at radius 1 is 1.37 bits per heavy atom. The molecule has 0 radical (unpaired) electrons. The molecule has 0 aliphatic heterocycles. The van der Waals surface area contributed by atoms with E-state index >= 15 is 0 Å². The SMILES string of the molecule is C=C(C)CC[C@@H](C)NCC(=O)Nc1ccccc1C. The lowest BCUT2D eigenvalue weighted by Gasteiger charge is -2.14. The molecule has 0 aliphatic rings. The predicted octanol–water partition coefficient (Wildman–Crippen LogP) is 3.27. The summed E-state index contributed by atoms with van der Waals surface area (Å²) in [5, 5.41) is 6.14. The van der Waals surface area contributed by atoms with Gasteiger partial charge in [0.1, 0.15) is 0 Å². The second kappa shape index (κ2) is 7.74. The van der Waals surface area contributed by atoms with Gasteiger partial charge in [0.15, 0.2) is 0 Å². The van der Waals surface area contributed by atoms with Crippen molar-refractivity contribution in [3.8, 4) is 0 Å². The fourth-order valence-electron chi connectivity index (χ4n) is 1.74. The lowest BCUT2D eigenvalue weighted by Crippen LogP contribution is -2.34. The van der Waals surface area contributed by atoms with Gasteiger partial charge < -0.3 is 10.6 Å². The quantitative estimate of drug-likeness (QED) is 0.739. The van der Waals surface area contributed by atoms with Gasteiger partial charge in [-0.15, -0.1) is 6.58 Å². The van der Waals surface area contributed by atoms with Gasteiger partial charge in [-0.05, 0) is 45.2 Å². The Hall–Kier alpha value is -1.61. The molecule has 1 amide bonds. The highest BCUT2D eigenvalue weighted by molar-refractivity contribution is 5.92. The molecule has 0 saturated carbocycles. The molecule has 0 bridgehead atoms. The van der Waals surface area contributed by atoms with Crippen molar-refractivity contribution in [3.05, 3.63) is 42.0 Å². The molecule has 1 aromatic rings. The number of amides is 1. The van der Waals surface area contributed by atoms with Crippen LogP contribution in [-0.2, 0) is 4.79 Å². The lowest BCUT2D eigenvalue weighted by atomic mass is 10.1. The van der Waals surface area contributed by atoms with Gasteiger partial charge in [0.05, 0.1) is 6.54 Å². The van der Waals surface area contributed by atoms with Crippen molar-refractivity contribution in [1.29, 1.82) is 0 Å². The second-order valence-corrected chi connectivity index (χ2v) is 5.14. The first-order valence-corrected chi connectivity index (χ1v) is 6.72. The van der Waals surface area contributed by atoms with Crippen molar-refractivity contribution in [2.24, 2.45) is 0 Å². The predicted molar refractivity (Wildman–Crippen MR) is 81.3 cm³/mol. The molecule has 0 saturated heterocycles. The summed E-state index contributed by atoms with van der Waals surface area (Å²) in [4.78, 5) is 11.8. The molecule has 0 heterocycles. The highest BCUT2D eigenvalue weighted by Crippen LogP contribution is 2.12. The molecule has 0 unspecified atom stereocenters. The fourth-order valence-corrected chi connectivity index (χ4v) is 1.74. The third kappa shape index (κ3) is 6.20. The molecule has 0 aliphatic carbocycles. The minimum Gasteiger partial charge on any atom is -0.325 e. The van der Waals surface area contributed by atoms with E-state index in [2.05, 4.69) is 24.1 Å². The van der Waals surface area contributed by atoms with E-state index in [1.54, 1.807) is 0 Å². The van der Waals surface area contributed by atoms with E-state index in [1.807, 2.05) is 38.1 Å². The summed E-state index contributed by atoms with van der Waals surface area (Å²) in [7, 11) is 0. The third-order valence-electron chi connectivity index (χ3n) is 3.03. The maximum Gasteiger partial charge on any atom is 0.238 e. The summed E-state index contributed by atoms with van der Waals surface area (Å²) in [5.41, 5.74) is 3.13. The molecule has 19 heavy (non-hydrogen) atoms. The van der Waals surface area contributed by atoms with Crippen LogP contribution >= 0.6 is 0 Å². The fraction of sp³-hybridized carbons (Fsp3) is 0.438. The van der Waals surface area contributed by atoms with Crippen LogP contribution in [0, 0.1) is 6.92 Å². The number of benzene rings is 1. The van der Waals surface area contributed by atoms with Crippen LogP contribution < -0.4 is 10.6 Å². The van der Waals surface area contributed by atoms with Crippen LogP contribution in [0.25, 0.3) is 0 Å². The maximum atomic E-state index is 11.8. The number of rotatable bonds is 7. The van der Waals surface area contributed by atoms with Gasteiger partial charge in [-0.25, -0.2) is 0 Å². The maximum absolute atomic E-state index is 11.8. The standard InChI is InChI=1S/C16H24N2O/c1-12(2)9-10-14(4)17-11-16(19)18-15-8-6-5-7-13(15)3/h5-8,14,17H,1,9-11H2,2-4H3,(H,18,19)/t14-/m1/s1. The molecule has 3 nitrogen and oxygen atoms in total. The first kappa shape index (κ1) is 15.4. The molecule has 0 fully saturated rings. The minimum atomic E-state index is -0.00326. The van der Waals surface area contributed by atoms with E-state index in [0.717, 1.165) is 24.1 Å². The zero-order valence-corrected chi connectivity index (χ0v) is 12.1. The first-order valence-electron chi connectivity index (χ1n) is 6.72. The number of aryl methyl sites for hydroxylation is 1. The van der Waals surface area contributed by atoms with Crippen LogP contribution in [0.15, 0.2) is 36.4 Å². The molecule has 104 valence electrons. The van der Waals surface area contributed by atoms with Crippen LogP contribution in [0.2, 0.25) is 0 Å². The number of carbonyl (C=O) groups is 1. The highest BCUT2D eigenvalue weighted by Gasteiger charge is 2.07. The number of hydrogen-bond donors (Lipinski definition) is 2. The minimum absolute atomic E-state index is 0.00326. The summed E-state index contributed by atoms with van der Waals surface area (Å²) in [6.45, 7) is 10.3. The Morgan fingerprint density at radius 3 is 2.68 bits per heavy atom. The summed E-state index contributed by atoms with van der Waals surface area (Å²) in [6.07, 6.45) is 2.00. The summed E-state index contributed by atoms with van der Waals surface area (Å²) in [6, 6.07) is 8.10. The van der Waals surface area contributed by atoms with E-state index < -0.39 is 0 Å². The smallest absolute Gasteiger partial charge is 0.238 e. The number of allylic oxidation sites excluding steroid dienone is 1. The largest absolute Gasteiger partial charge is 0.325 e. The lowest BCUT2D eigenvalue weighted by molar-refractivity contribution is -0.115. The van der Waals surface area contributed by atoms with Gasteiger partial charge in [0, 0.05) is 11.7 Å². The van der Waals surface area contributed by atoms with Crippen molar-refractivity contribution in [3.63, 3.8) is 0 Å². The Balaban J connectivity index is 2.32. The van der Waals surface area contributed by atoms with Gasteiger partial charge in [0.2, 0.25) is 5.91 Å². The monoisotopic (exact) mass is 260 g/mol. The average molecular weight is 260 g/mol. The van der Waals surface area contributed by atoms with E-state index in [9.17, 15) is 4.79 Å². The second-order valence-electron chi connectivity index (χ2n) is 5.14. The molecular weight excluding hydrogens is 236 g/mol. The van der Waals surface area contributed by atoms with Crippen LogP contribution in [0.1, 0.15) is 32.3 Å². The van der Waals surface area contributed by atoms with E-state index in [-0.39, 0.29) is 5.91 Å². The van der Waals surface area contributed by atoms with Crippen LogP contribution in [0.3, 0.4) is 0 Å². The number of carbonyl (C=O) groups excluding carboxylic acids is 1. The Kier molecular flexibility index (Phi) is 6.30. The first-order chi connectivity index (χ1) is 8.99. The average Bonchev–Trinajstić information content (AvgIpc) is 2.36. The van der Waals surface area contributed by atoms with E-state index in [0.29, 0.717) is 12.6 Å². The van der Waals surface area contributed by atoms with Crippen molar-refractivity contribution in [1.82, 2.24) is 5.32 Å². The van der Waals surface area contributed by atoms with Gasteiger partial charge in [-0.2, -0.15) is 0 Å². The molecule has 0 spiro atoms. The Morgan fingerprint density at radius 2 is 2.05 bits per heavy atom.